The molecule has 0 amide bonds. The molecule has 1 fully saturated rings. The molecule has 0 spiro atoms. The number of carbonyl (C=O) groups excluding carboxylic acids is 1. The van der Waals surface area contributed by atoms with Gasteiger partial charge in [-0.2, -0.15) is 0 Å². The Balaban J connectivity index is 1.60. The molecule has 0 unspecified atom stereocenters. The van der Waals surface area contributed by atoms with Crippen LogP contribution in [0.2, 0.25) is 0 Å². The molecule has 1 saturated heterocycles. The highest BCUT2D eigenvalue weighted by atomic mass is 16.7. The lowest BCUT2D eigenvalue weighted by molar-refractivity contribution is -0.178. The van der Waals surface area contributed by atoms with Crippen molar-refractivity contribution in [2.45, 2.75) is 31.7 Å². The second kappa shape index (κ2) is 8.59. The largest absolute Gasteiger partial charge is 0.435 e. The van der Waals surface area contributed by atoms with Gasteiger partial charge in [0.1, 0.15) is 12.2 Å². The molecule has 0 aromatic heterocycles. The Morgan fingerprint density at radius 2 is 1.50 bits per heavy atom. The maximum absolute atomic E-state index is 10.7. The van der Waals surface area contributed by atoms with Crippen LogP contribution >= 0.6 is 0 Å². The van der Waals surface area contributed by atoms with E-state index in [0.717, 1.165) is 11.1 Å². The fourth-order valence-corrected chi connectivity index (χ4v) is 2.60. The highest BCUT2D eigenvalue weighted by molar-refractivity contribution is 5.37. The highest BCUT2D eigenvalue weighted by Crippen LogP contribution is 2.23. The van der Waals surface area contributed by atoms with Crippen molar-refractivity contribution in [2.24, 2.45) is 0 Å². The summed E-state index contributed by atoms with van der Waals surface area (Å²) >= 11 is 0. The summed E-state index contributed by atoms with van der Waals surface area (Å²) < 4.78 is 22.3. The minimum Gasteiger partial charge on any atom is -0.435 e. The van der Waals surface area contributed by atoms with Crippen LogP contribution in [-0.2, 0) is 37.0 Å². The minimum absolute atomic E-state index is 0.293. The second-order valence-corrected chi connectivity index (χ2v) is 5.53. The van der Waals surface area contributed by atoms with Crippen LogP contribution in [0.15, 0.2) is 60.7 Å². The number of benzene rings is 2. The Hall–Kier alpha value is -2.21. The number of rotatable bonds is 8. The first-order valence-corrected chi connectivity index (χ1v) is 7.88. The molecule has 0 N–H and O–H groups in total. The minimum atomic E-state index is -0.744. The summed E-state index contributed by atoms with van der Waals surface area (Å²) in [6.07, 6.45) is -1.50. The van der Waals surface area contributed by atoms with Gasteiger partial charge in [0.05, 0.1) is 19.8 Å². The third kappa shape index (κ3) is 4.41. The molecule has 0 radical (unpaired) electrons. The summed E-state index contributed by atoms with van der Waals surface area (Å²) in [5, 5.41) is 0. The zero-order valence-electron chi connectivity index (χ0n) is 13.2. The summed E-state index contributed by atoms with van der Waals surface area (Å²) in [5.74, 6) is 0. The molecule has 1 aliphatic rings. The predicted octanol–water partition coefficient (Wildman–Crippen LogP) is 2.69. The lowest BCUT2D eigenvalue weighted by atomic mass is 10.2. The molecule has 0 saturated carbocycles. The molecule has 5 heteroatoms. The number of carbonyl (C=O) groups is 1. The SMILES string of the molecule is O=CO[C@H]1OC[C@H](OCc2ccccc2)[C@H]1OCc1ccccc1. The van der Waals surface area contributed by atoms with Crippen LogP contribution in [0.25, 0.3) is 0 Å². The van der Waals surface area contributed by atoms with Crippen LogP contribution in [-0.4, -0.2) is 31.6 Å². The fourth-order valence-electron chi connectivity index (χ4n) is 2.60. The van der Waals surface area contributed by atoms with Crippen LogP contribution < -0.4 is 0 Å². The van der Waals surface area contributed by atoms with Crippen molar-refractivity contribution in [1.82, 2.24) is 0 Å². The van der Waals surface area contributed by atoms with Crippen LogP contribution in [0.5, 0.6) is 0 Å². The van der Waals surface area contributed by atoms with Gasteiger partial charge in [-0.15, -0.1) is 0 Å². The Morgan fingerprint density at radius 1 is 0.917 bits per heavy atom. The van der Waals surface area contributed by atoms with E-state index in [2.05, 4.69) is 0 Å². The van der Waals surface area contributed by atoms with Gasteiger partial charge in [-0.1, -0.05) is 60.7 Å². The average molecular weight is 328 g/mol. The Bertz CT molecular complexity index is 616. The van der Waals surface area contributed by atoms with Gasteiger partial charge >= 0.3 is 0 Å². The van der Waals surface area contributed by atoms with Crippen molar-refractivity contribution in [3.63, 3.8) is 0 Å². The van der Waals surface area contributed by atoms with Crippen molar-refractivity contribution in [3.8, 4) is 0 Å². The quantitative estimate of drug-likeness (QED) is 0.697. The summed E-state index contributed by atoms with van der Waals surface area (Å²) in [6, 6.07) is 19.7. The lowest BCUT2D eigenvalue weighted by Crippen LogP contribution is -2.36. The monoisotopic (exact) mass is 328 g/mol. The first-order chi connectivity index (χ1) is 11.9. The van der Waals surface area contributed by atoms with Crippen molar-refractivity contribution in [3.05, 3.63) is 71.8 Å². The molecule has 126 valence electrons. The van der Waals surface area contributed by atoms with Gasteiger partial charge in [-0.3, -0.25) is 4.79 Å². The molecule has 3 rings (SSSR count). The smallest absolute Gasteiger partial charge is 0.295 e. The Kier molecular flexibility index (Phi) is 5.96. The average Bonchev–Trinajstić information content (AvgIpc) is 3.02. The van der Waals surface area contributed by atoms with E-state index >= 15 is 0 Å². The van der Waals surface area contributed by atoms with E-state index in [4.69, 9.17) is 18.9 Å². The zero-order chi connectivity index (χ0) is 16.6. The molecule has 0 aliphatic carbocycles. The number of ether oxygens (including phenoxy) is 4. The van der Waals surface area contributed by atoms with Crippen LogP contribution in [0.1, 0.15) is 11.1 Å². The highest BCUT2D eigenvalue weighted by Gasteiger charge is 2.40. The van der Waals surface area contributed by atoms with Crippen molar-refractivity contribution in [1.29, 1.82) is 0 Å². The van der Waals surface area contributed by atoms with E-state index in [1.807, 2.05) is 60.7 Å². The van der Waals surface area contributed by atoms with Crippen LogP contribution in [0, 0.1) is 0 Å². The summed E-state index contributed by atoms with van der Waals surface area (Å²) in [4.78, 5) is 10.7. The van der Waals surface area contributed by atoms with Crippen molar-refractivity contribution >= 4 is 6.47 Å². The van der Waals surface area contributed by atoms with E-state index < -0.39 is 12.4 Å². The molecule has 1 heterocycles. The molecular weight excluding hydrogens is 308 g/mol. The van der Waals surface area contributed by atoms with Gasteiger partial charge in [0.25, 0.3) is 6.47 Å². The maximum atomic E-state index is 10.7. The van der Waals surface area contributed by atoms with E-state index in [-0.39, 0.29) is 6.10 Å². The first kappa shape index (κ1) is 16.6. The number of hydrogen-bond acceptors (Lipinski definition) is 5. The number of hydrogen-bond donors (Lipinski definition) is 0. The molecule has 24 heavy (non-hydrogen) atoms. The fraction of sp³-hybridized carbons (Fsp3) is 0.316. The van der Waals surface area contributed by atoms with E-state index in [1.165, 1.54) is 0 Å². The standard InChI is InChI=1S/C19H20O5/c20-14-24-19-18(22-12-16-9-5-2-6-10-16)17(13-23-19)21-11-15-7-3-1-4-8-15/h1-10,14,17-19H,11-13H2/t17-,18+,19+/m0/s1. The molecule has 2 aromatic rings. The third-order valence-electron chi connectivity index (χ3n) is 3.84. The third-order valence-corrected chi connectivity index (χ3v) is 3.84. The molecule has 3 atom stereocenters. The van der Waals surface area contributed by atoms with Gasteiger partial charge in [0.15, 0.2) is 0 Å². The summed E-state index contributed by atoms with van der Waals surface area (Å²) in [6.45, 7) is 1.56. The molecule has 2 aromatic carbocycles. The van der Waals surface area contributed by atoms with Gasteiger partial charge in [-0.05, 0) is 11.1 Å². The molecule has 1 aliphatic heterocycles. The summed E-state index contributed by atoms with van der Waals surface area (Å²) in [7, 11) is 0. The van der Waals surface area contributed by atoms with Crippen LogP contribution in [0.3, 0.4) is 0 Å². The predicted molar refractivity (Wildman–Crippen MR) is 86.9 cm³/mol. The van der Waals surface area contributed by atoms with Gasteiger partial charge in [0.2, 0.25) is 6.29 Å². The normalized spacial score (nSPS) is 23.1. The van der Waals surface area contributed by atoms with Crippen molar-refractivity contribution in [2.75, 3.05) is 6.61 Å². The van der Waals surface area contributed by atoms with Crippen LogP contribution in [0.4, 0.5) is 0 Å². The summed E-state index contributed by atoms with van der Waals surface area (Å²) in [5.41, 5.74) is 2.11. The first-order valence-electron chi connectivity index (χ1n) is 7.88. The van der Waals surface area contributed by atoms with E-state index in [0.29, 0.717) is 26.3 Å². The topological polar surface area (TPSA) is 54.0 Å². The zero-order valence-corrected chi connectivity index (χ0v) is 13.2. The van der Waals surface area contributed by atoms with Gasteiger partial charge in [-0.25, -0.2) is 0 Å². The van der Waals surface area contributed by atoms with Gasteiger partial charge in [0, 0.05) is 0 Å². The molecule has 5 nitrogen and oxygen atoms in total. The molecular formula is C19H20O5. The van der Waals surface area contributed by atoms with E-state index in [1.54, 1.807) is 0 Å². The van der Waals surface area contributed by atoms with Crippen molar-refractivity contribution < 1.29 is 23.7 Å². The lowest BCUT2D eigenvalue weighted by Gasteiger charge is -2.22. The Morgan fingerprint density at radius 3 is 2.08 bits per heavy atom. The second-order valence-electron chi connectivity index (χ2n) is 5.53. The van der Waals surface area contributed by atoms with E-state index in [9.17, 15) is 4.79 Å². The molecule has 0 bridgehead atoms. The Labute approximate surface area is 141 Å². The maximum Gasteiger partial charge on any atom is 0.295 e. The van der Waals surface area contributed by atoms with Gasteiger partial charge < -0.3 is 18.9 Å².